The zero-order valence-electron chi connectivity index (χ0n) is 13.3. The smallest absolute Gasteiger partial charge is 0.330 e. The average molecular weight is 278 g/mol. The number of ether oxygens (including phenoxy) is 2. The van der Waals surface area contributed by atoms with E-state index in [9.17, 15) is 4.79 Å². The lowest BCUT2D eigenvalue weighted by atomic mass is 9.64. The normalized spacial score (nSPS) is 35.8. The molecule has 112 valence electrons. The van der Waals surface area contributed by atoms with Gasteiger partial charge >= 0.3 is 5.97 Å². The number of esters is 1. The minimum Gasteiger partial charge on any atom is -0.463 e. The van der Waals surface area contributed by atoms with Gasteiger partial charge < -0.3 is 9.47 Å². The summed E-state index contributed by atoms with van der Waals surface area (Å²) in [7, 11) is 0. The van der Waals surface area contributed by atoms with Gasteiger partial charge in [0.1, 0.15) is 5.60 Å². The summed E-state index contributed by atoms with van der Waals surface area (Å²) in [6, 6.07) is 0. The minimum atomic E-state index is -0.283. The highest BCUT2D eigenvalue weighted by atomic mass is 16.6. The lowest BCUT2D eigenvalue weighted by molar-refractivity contribution is -0.137. The summed E-state index contributed by atoms with van der Waals surface area (Å²) in [6.07, 6.45) is 9.18. The molecule has 1 aliphatic carbocycles. The molecule has 2 rings (SSSR count). The lowest BCUT2D eigenvalue weighted by Gasteiger charge is -2.36. The molecular formula is C17H26O3. The number of epoxide rings is 1. The predicted molar refractivity (Wildman–Crippen MR) is 79.4 cm³/mol. The van der Waals surface area contributed by atoms with Crippen LogP contribution < -0.4 is 0 Å². The third-order valence-electron chi connectivity index (χ3n) is 4.80. The second-order valence-electron chi connectivity index (χ2n) is 6.78. The number of carbonyl (C=O) groups is 1. The van der Waals surface area contributed by atoms with Crippen molar-refractivity contribution in [3.05, 3.63) is 23.8 Å². The van der Waals surface area contributed by atoms with Crippen molar-refractivity contribution in [2.45, 2.75) is 65.1 Å². The standard InChI is InChI=1S/C17H26O3/c1-6-19-14(18)12-13(2)8-11-17-15(3,4)9-7-10-16(17,5)20-17/h8,11-12H,6-7,9-10H2,1-5H3/b11-8+,13-12+/t16-,17+/m1/s1. The summed E-state index contributed by atoms with van der Waals surface area (Å²) >= 11 is 0. The van der Waals surface area contributed by atoms with Crippen molar-refractivity contribution in [1.29, 1.82) is 0 Å². The monoisotopic (exact) mass is 278 g/mol. The van der Waals surface area contributed by atoms with Crippen LogP contribution in [0.2, 0.25) is 0 Å². The molecule has 0 spiro atoms. The van der Waals surface area contributed by atoms with Gasteiger partial charge in [-0.2, -0.15) is 0 Å². The van der Waals surface area contributed by atoms with Gasteiger partial charge in [0.05, 0.1) is 12.2 Å². The Kier molecular flexibility index (Phi) is 3.85. The molecule has 3 heteroatoms. The Bertz CT molecular complexity index is 461. The number of fused-ring (bicyclic) bond motifs is 1. The summed E-state index contributed by atoms with van der Waals surface area (Å²) < 4.78 is 11.1. The van der Waals surface area contributed by atoms with Gasteiger partial charge in [-0.25, -0.2) is 4.79 Å². The number of hydrogen-bond acceptors (Lipinski definition) is 3. The molecule has 1 saturated heterocycles. The van der Waals surface area contributed by atoms with E-state index in [0.29, 0.717) is 6.61 Å². The van der Waals surface area contributed by atoms with Gasteiger partial charge in [0.15, 0.2) is 0 Å². The first-order valence-corrected chi connectivity index (χ1v) is 7.51. The lowest BCUT2D eigenvalue weighted by Crippen LogP contribution is -2.41. The van der Waals surface area contributed by atoms with Crippen LogP contribution in [0, 0.1) is 5.41 Å². The Morgan fingerprint density at radius 1 is 1.30 bits per heavy atom. The van der Waals surface area contributed by atoms with E-state index in [0.717, 1.165) is 12.0 Å². The molecule has 0 unspecified atom stereocenters. The first kappa shape index (κ1) is 15.3. The van der Waals surface area contributed by atoms with Crippen molar-refractivity contribution < 1.29 is 14.3 Å². The predicted octanol–water partition coefficient (Wildman–Crippen LogP) is 3.79. The second-order valence-corrected chi connectivity index (χ2v) is 6.78. The summed E-state index contributed by atoms with van der Waals surface area (Å²) in [5.41, 5.74) is 0.829. The molecule has 0 aromatic rings. The van der Waals surface area contributed by atoms with E-state index in [1.54, 1.807) is 0 Å². The Hall–Kier alpha value is -1.09. The fraction of sp³-hybridized carbons (Fsp3) is 0.706. The molecule has 1 saturated carbocycles. The number of allylic oxidation sites excluding steroid dienone is 2. The van der Waals surface area contributed by atoms with E-state index in [2.05, 4.69) is 26.8 Å². The van der Waals surface area contributed by atoms with E-state index in [4.69, 9.17) is 9.47 Å². The van der Waals surface area contributed by atoms with Crippen LogP contribution >= 0.6 is 0 Å². The maximum atomic E-state index is 11.4. The number of carbonyl (C=O) groups excluding carboxylic acids is 1. The van der Waals surface area contributed by atoms with E-state index in [1.165, 1.54) is 18.9 Å². The third-order valence-corrected chi connectivity index (χ3v) is 4.80. The van der Waals surface area contributed by atoms with Crippen molar-refractivity contribution >= 4 is 5.97 Å². The summed E-state index contributed by atoms with van der Waals surface area (Å²) in [4.78, 5) is 11.4. The molecule has 3 nitrogen and oxygen atoms in total. The molecule has 0 radical (unpaired) electrons. The van der Waals surface area contributed by atoms with Crippen molar-refractivity contribution in [1.82, 2.24) is 0 Å². The van der Waals surface area contributed by atoms with Crippen LogP contribution in [0.15, 0.2) is 23.8 Å². The number of hydrogen-bond donors (Lipinski definition) is 0. The van der Waals surface area contributed by atoms with Crippen molar-refractivity contribution in [3.8, 4) is 0 Å². The Morgan fingerprint density at radius 3 is 2.60 bits per heavy atom. The Balaban J connectivity index is 2.13. The van der Waals surface area contributed by atoms with E-state index in [-0.39, 0.29) is 22.6 Å². The second kappa shape index (κ2) is 5.03. The van der Waals surface area contributed by atoms with E-state index < -0.39 is 0 Å². The van der Waals surface area contributed by atoms with Crippen LogP contribution in [-0.2, 0) is 14.3 Å². The zero-order valence-corrected chi connectivity index (χ0v) is 13.3. The van der Waals surface area contributed by atoms with Crippen LogP contribution in [0.1, 0.15) is 53.9 Å². The number of rotatable bonds is 4. The van der Waals surface area contributed by atoms with Gasteiger partial charge in [-0.3, -0.25) is 0 Å². The van der Waals surface area contributed by atoms with Gasteiger partial charge in [0.25, 0.3) is 0 Å². The molecule has 2 atom stereocenters. The van der Waals surface area contributed by atoms with Crippen LogP contribution in [0.25, 0.3) is 0 Å². The van der Waals surface area contributed by atoms with Gasteiger partial charge in [-0.1, -0.05) is 19.9 Å². The molecule has 1 aliphatic heterocycles. The fourth-order valence-electron chi connectivity index (χ4n) is 3.58. The molecular weight excluding hydrogens is 252 g/mol. The SMILES string of the molecule is CCOC(=O)/C=C(C)/C=C/[C@@]12O[C@]1(C)CCCC2(C)C. The van der Waals surface area contributed by atoms with Crippen molar-refractivity contribution in [2.24, 2.45) is 5.41 Å². The summed E-state index contributed by atoms with van der Waals surface area (Å²) in [5.74, 6) is -0.283. The van der Waals surface area contributed by atoms with Crippen LogP contribution in [0.5, 0.6) is 0 Å². The maximum absolute atomic E-state index is 11.4. The molecule has 0 bridgehead atoms. The van der Waals surface area contributed by atoms with Gasteiger partial charge in [-0.05, 0) is 51.7 Å². The first-order valence-electron chi connectivity index (χ1n) is 7.51. The molecule has 0 N–H and O–H groups in total. The first-order chi connectivity index (χ1) is 9.26. The van der Waals surface area contributed by atoms with Crippen LogP contribution in [0.4, 0.5) is 0 Å². The molecule has 0 aromatic carbocycles. The Morgan fingerprint density at radius 2 is 2.00 bits per heavy atom. The molecule has 2 fully saturated rings. The molecule has 0 aromatic heterocycles. The van der Waals surface area contributed by atoms with E-state index in [1.807, 2.05) is 19.9 Å². The quantitative estimate of drug-likeness (QED) is 0.340. The average Bonchev–Trinajstić information content (AvgIpc) is 2.95. The van der Waals surface area contributed by atoms with Crippen molar-refractivity contribution in [3.63, 3.8) is 0 Å². The minimum absolute atomic E-state index is 0.0323. The van der Waals surface area contributed by atoms with Crippen molar-refractivity contribution in [2.75, 3.05) is 6.61 Å². The topological polar surface area (TPSA) is 38.8 Å². The van der Waals surface area contributed by atoms with Gasteiger partial charge in [-0.15, -0.1) is 0 Å². The highest BCUT2D eigenvalue weighted by Crippen LogP contribution is 2.66. The summed E-state index contributed by atoms with van der Waals surface area (Å²) in [5, 5.41) is 0. The Labute approximate surface area is 122 Å². The highest BCUT2D eigenvalue weighted by Gasteiger charge is 2.73. The zero-order chi connectivity index (χ0) is 15.0. The highest BCUT2D eigenvalue weighted by molar-refractivity contribution is 5.83. The van der Waals surface area contributed by atoms with Crippen LogP contribution in [-0.4, -0.2) is 23.8 Å². The van der Waals surface area contributed by atoms with E-state index >= 15 is 0 Å². The molecule has 2 aliphatic rings. The van der Waals surface area contributed by atoms with Crippen LogP contribution in [0.3, 0.4) is 0 Å². The van der Waals surface area contributed by atoms with Gasteiger partial charge in [0.2, 0.25) is 0 Å². The molecule has 20 heavy (non-hydrogen) atoms. The molecule has 0 amide bonds. The largest absolute Gasteiger partial charge is 0.463 e. The third kappa shape index (κ3) is 2.44. The van der Waals surface area contributed by atoms with Gasteiger partial charge in [0, 0.05) is 11.5 Å². The summed E-state index contributed by atoms with van der Waals surface area (Å²) in [6.45, 7) is 10.9. The maximum Gasteiger partial charge on any atom is 0.330 e. The fourth-order valence-corrected chi connectivity index (χ4v) is 3.58. The molecule has 1 heterocycles.